The molecule has 0 radical (unpaired) electrons. The van der Waals surface area contributed by atoms with E-state index in [4.69, 9.17) is 9.63 Å². The van der Waals surface area contributed by atoms with Crippen LogP contribution in [-0.2, 0) is 6.42 Å². The summed E-state index contributed by atoms with van der Waals surface area (Å²) in [5.74, 6) is 0.262. The number of aromatic carboxylic acids is 1. The molecule has 19 heavy (non-hydrogen) atoms. The van der Waals surface area contributed by atoms with Crippen LogP contribution in [0.25, 0.3) is 0 Å². The van der Waals surface area contributed by atoms with Gasteiger partial charge >= 0.3 is 5.97 Å². The number of carboxylic acid groups (broad SMARTS) is 1. The maximum atomic E-state index is 10.6. The molecular weight excluding hydrogens is 248 g/mol. The molecule has 0 aliphatic rings. The van der Waals surface area contributed by atoms with E-state index in [1.807, 2.05) is 13.8 Å². The van der Waals surface area contributed by atoms with Crippen LogP contribution in [-0.4, -0.2) is 32.7 Å². The summed E-state index contributed by atoms with van der Waals surface area (Å²) in [5, 5.41) is 15.6. The van der Waals surface area contributed by atoms with Crippen LogP contribution in [0.4, 0.5) is 5.82 Å². The van der Waals surface area contributed by atoms with Gasteiger partial charge in [0.2, 0.25) is 0 Å². The predicted molar refractivity (Wildman–Crippen MR) is 67.2 cm³/mol. The van der Waals surface area contributed by atoms with Crippen LogP contribution in [0.15, 0.2) is 16.9 Å². The maximum absolute atomic E-state index is 10.6. The molecule has 0 amide bonds. The smallest absolute Gasteiger partial charge is 0.356 e. The Hall–Kier alpha value is -2.44. The van der Waals surface area contributed by atoms with E-state index in [-0.39, 0.29) is 5.69 Å². The second-order valence-electron chi connectivity index (χ2n) is 4.07. The van der Waals surface area contributed by atoms with E-state index in [1.54, 1.807) is 0 Å². The first-order chi connectivity index (χ1) is 9.08. The van der Waals surface area contributed by atoms with E-state index >= 15 is 0 Å². The number of aryl methyl sites for hydroxylation is 2. The Morgan fingerprint density at radius 1 is 1.37 bits per heavy atom. The second kappa shape index (κ2) is 5.47. The van der Waals surface area contributed by atoms with Crippen molar-refractivity contribution in [3.8, 4) is 0 Å². The standard InChI is InChI=1S/C12H14N4O3/c1-7-9(8(2)19-16-7)3-4-13-11-6-14-10(5-15-11)12(17)18/h5-6H,3-4H2,1-2H3,(H,13,15)(H,17,18). The first-order valence-corrected chi connectivity index (χ1v) is 5.79. The minimum atomic E-state index is -1.09. The highest BCUT2D eigenvalue weighted by molar-refractivity contribution is 5.84. The van der Waals surface area contributed by atoms with Crippen molar-refractivity contribution in [2.45, 2.75) is 20.3 Å². The summed E-state index contributed by atoms with van der Waals surface area (Å²) in [6.07, 6.45) is 3.38. The molecule has 7 nitrogen and oxygen atoms in total. The third kappa shape index (κ3) is 3.06. The fourth-order valence-corrected chi connectivity index (χ4v) is 1.70. The fourth-order valence-electron chi connectivity index (χ4n) is 1.70. The van der Waals surface area contributed by atoms with Gasteiger partial charge in [0.15, 0.2) is 5.69 Å². The Bertz CT molecular complexity index is 558. The largest absolute Gasteiger partial charge is 0.476 e. The van der Waals surface area contributed by atoms with E-state index in [9.17, 15) is 4.79 Å². The minimum Gasteiger partial charge on any atom is -0.476 e. The zero-order valence-corrected chi connectivity index (χ0v) is 10.7. The van der Waals surface area contributed by atoms with Gasteiger partial charge < -0.3 is 14.9 Å². The van der Waals surface area contributed by atoms with Gasteiger partial charge in [-0.2, -0.15) is 0 Å². The van der Waals surface area contributed by atoms with E-state index in [0.29, 0.717) is 12.4 Å². The maximum Gasteiger partial charge on any atom is 0.356 e. The Kier molecular flexibility index (Phi) is 3.74. The van der Waals surface area contributed by atoms with Crippen molar-refractivity contribution in [1.82, 2.24) is 15.1 Å². The van der Waals surface area contributed by atoms with E-state index in [2.05, 4.69) is 20.4 Å². The van der Waals surface area contributed by atoms with Crippen LogP contribution < -0.4 is 5.32 Å². The van der Waals surface area contributed by atoms with Gasteiger partial charge in [0.05, 0.1) is 18.1 Å². The molecule has 0 aromatic carbocycles. The minimum absolute atomic E-state index is 0.0729. The summed E-state index contributed by atoms with van der Waals surface area (Å²) >= 11 is 0. The molecule has 0 aliphatic carbocycles. The number of carboxylic acids is 1. The molecule has 0 atom stereocenters. The number of anilines is 1. The molecule has 0 bridgehead atoms. The molecule has 0 saturated carbocycles. The van der Waals surface area contributed by atoms with Gasteiger partial charge in [-0.1, -0.05) is 5.16 Å². The number of rotatable bonds is 5. The molecule has 2 rings (SSSR count). The van der Waals surface area contributed by atoms with Crippen molar-refractivity contribution >= 4 is 11.8 Å². The Morgan fingerprint density at radius 2 is 2.16 bits per heavy atom. The summed E-state index contributed by atoms with van der Waals surface area (Å²) in [5.41, 5.74) is 1.88. The van der Waals surface area contributed by atoms with Crippen molar-refractivity contribution < 1.29 is 14.4 Å². The number of hydrogen-bond donors (Lipinski definition) is 2. The Balaban J connectivity index is 1.91. The van der Waals surface area contributed by atoms with Gasteiger partial charge in [0.1, 0.15) is 11.6 Å². The molecule has 7 heteroatoms. The molecule has 0 aliphatic heterocycles. The van der Waals surface area contributed by atoms with E-state index < -0.39 is 5.97 Å². The van der Waals surface area contributed by atoms with E-state index in [0.717, 1.165) is 23.4 Å². The number of carbonyl (C=O) groups is 1. The highest BCUT2D eigenvalue weighted by atomic mass is 16.5. The van der Waals surface area contributed by atoms with Crippen LogP contribution >= 0.6 is 0 Å². The molecule has 0 saturated heterocycles. The Labute approximate surface area is 109 Å². The second-order valence-corrected chi connectivity index (χ2v) is 4.07. The highest BCUT2D eigenvalue weighted by Crippen LogP contribution is 2.12. The van der Waals surface area contributed by atoms with Gasteiger partial charge in [-0.25, -0.2) is 14.8 Å². The predicted octanol–water partition coefficient (Wildman–Crippen LogP) is 1.43. The van der Waals surface area contributed by atoms with Gasteiger partial charge in [0, 0.05) is 12.1 Å². The number of nitrogens with zero attached hydrogens (tertiary/aromatic N) is 3. The molecule has 0 spiro atoms. The number of hydrogen-bond acceptors (Lipinski definition) is 6. The fraction of sp³-hybridized carbons (Fsp3) is 0.333. The normalized spacial score (nSPS) is 10.4. The van der Waals surface area contributed by atoms with E-state index in [1.165, 1.54) is 12.4 Å². The summed E-state index contributed by atoms with van der Waals surface area (Å²) in [6.45, 7) is 4.41. The summed E-state index contributed by atoms with van der Waals surface area (Å²) in [6, 6.07) is 0. The summed E-state index contributed by atoms with van der Waals surface area (Å²) < 4.78 is 5.07. The lowest BCUT2D eigenvalue weighted by Gasteiger charge is -2.04. The zero-order chi connectivity index (χ0) is 13.8. The van der Waals surface area contributed by atoms with Gasteiger partial charge in [-0.15, -0.1) is 0 Å². The third-order valence-electron chi connectivity index (χ3n) is 2.73. The summed E-state index contributed by atoms with van der Waals surface area (Å²) in [7, 11) is 0. The first-order valence-electron chi connectivity index (χ1n) is 5.79. The molecule has 0 unspecified atom stereocenters. The monoisotopic (exact) mass is 262 g/mol. The van der Waals surface area contributed by atoms with Gasteiger partial charge in [-0.05, 0) is 20.3 Å². The van der Waals surface area contributed by atoms with Crippen molar-refractivity contribution in [3.05, 3.63) is 35.1 Å². The third-order valence-corrected chi connectivity index (χ3v) is 2.73. The average molecular weight is 262 g/mol. The molecule has 2 aromatic rings. The van der Waals surface area contributed by atoms with Crippen LogP contribution in [0.5, 0.6) is 0 Å². The number of nitrogens with one attached hydrogen (secondary N) is 1. The van der Waals surface area contributed by atoms with Crippen LogP contribution in [0.2, 0.25) is 0 Å². The molecule has 2 heterocycles. The zero-order valence-electron chi connectivity index (χ0n) is 10.7. The Morgan fingerprint density at radius 3 is 2.68 bits per heavy atom. The molecule has 2 N–H and O–H groups in total. The SMILES string of the molecule is Cc1noc(C)c1CCNc1cnc(C(=O)O)cn1. The van der Waals surface area contributed by atoms with Crippen molar-refractivity contribution in [3.63, 3.8) is 0 Å². The summed E-state index contributed by atoms with van der Waals surface area (Å²) in [4.78, 5) is 18.4. The molecular formula is C12H14N4O3. The molecule has 0 fully saturated rings. The lowest BCUT2D eigenvalue weighted by Crippen LogP contribution is -2.09. The van der Waals surface area contributed by atoms with Crippen molar-refractivity contribution in [2.24, 2.45) is 0 Å². The lowest BCUT2D eigenvalue weighted by atomic mass is 10.1. The topological polar surface area (TPSA) is 101 Å². The van der Waals surface area contributed by atoms with Crippen LogP contribution in [0.3, 0.4) is 0 Å². The average Bonchev–Trinajstić information content (AvgIpc) is 2.71. The molecule has 100 valence electrons. The lowest BCUT2D eigenvalue weighted by molar-refractivity contribution is 0.0690. The molecule has 2 aromatic heterocycles. The highest BCUT2D eigenvalue weighted by Gasteiger charge is 2.08. The number of aromatic nitrogens is 3. The van der Waals surface area contributed by atoms with Gasteiger partial charge in [0.25, 0.3) is 0 Å². The first kappa shape index (κ1) is 13.0. The van der Waals surface area contributed by atoms with Crippen molar-refractivity contribution in [2.75, 3.05) is 11.9 Å². The van der Waals surface area contributed by atoms with Gasteiger partial charge in [-0.3, -0.25) is 0 Å². The van der Waals surface area contributed by atoms with Crippen LogP contribution in [0, 0.1) is 13.8 Å². The van der Waals surface area contributed by atoms with Crippen molar-refractivity contribution in [1.29, 1.82) is 0 Å². The van der Waals surface area contributed by atoms with Crippen LogP contribution in [0.1, 0.15) is 27.5 Å². The quantitative estimate of drug-likeness (QED) is 0.840.